The van der Waals surface area contributed by atoms with Crippen molar-refractivity contribution in [1.29, 1.82) is 0 Å². The SMILES string of the molecule is COSc1ccc(-c2c[nH]c(-c3cccc(-c4cc(-c5ccc(SOC)cc5)c[nH]4)c3)c2)cc1. The van der Waals surface area contributed by atoms with Gasteiger partial charge in [0, 0.05) is 57.7 Å². The van der Waals surface area contributed by atoms with E-state index >= 15 is 0 Å². The van der Waals surface area contributed by atoms with Crippen molar-refractivity contribution in [2.24, 2.45) is 0 Å². The van der Waals surface area contributed by atoms with Crippen LogP contribution in [-0.2, 0) is 8.37 Å². The van der Waals surface area contributed by atoms with E-state index in [1.807, 2.05) is 0 Å². The van der Waals surface area contributed by atoms with E-state index in [1.165, 1.54) is 35.2 Å². The van der Waals surface area contributed by atoms with Gasteiger partial charge in [-0.1, -0.05) is 42.5 Å². The smallest absolute Gasteiger partial charge is 0.0508 e. The first-order valence-corrected chi connectivity index (χ1v) is 12.3. The van der Waals surface area contributed by atoms with Gasteiger partial charge in [0.2, 0.25) is 0 Å². The van der Waals surface area contributed by atoms with Crippen LogP contribution in [0.5, 0.6) is 0 Å². The average Bonchev–Trinajstić information content (AvgIpc) is 3.57. The second-order valence-electron chi connectivity index (χ2n) is 7.73. The third-order valence-electron chi connectivity index (χ3n) is 5.59. The van der Waals surface area contributed by atoms with Crippen LogP contribution in [0.2, 0.25) is 0 Å². The van der Waals surface area contributed by atoms with E-state index in [9.17, 15) is 0 Å². The Morgan fingerprint density at radius 3 is 1.35 bits per heavy atom. The summed E-state index contributed by atoms with van der Waals surface area (Å²) in [5, 5.41) is 0. The molecule has 0 bridgehead atoms. The molecule has 0 radical (unpaired) electrons. The standard InChI is InChI=1S/C28H24N2O2S2/c1-31-33-25-10-6-19(7-11-25)23-15-27(29-17-23)21-4-3-5-22(14-21)28-16-24(18-30-28)20-8-12-26(13-9-20)34-32-2/h3-18,29-30H,1-2H3. The summed E-state index contributed by atoms with van der Waals surface area (Å²) in [5.41, 5.74) is 9.12. The highest BCUT2D eigenvalue weighted by Gasteiger charge is 2.09. The Morgan fingerprint density at radius 2 is 0.941 bits per heavy atom. The van der Waals surface area contributed by atoms with Gasteiger partial charge in [-0.3, -0.25) is 0 Å². The van der Waals surface area contributed by atoms with E-state index < -0.39 is 0 Å². The van der Waals surface area contributed by atoms with Gasteiger partial charge in [-0.15, -0.1) is 0 Å². The minimum atomic E-state index is 1.09. The third-order valence-corrected chi connectivity index (χ3v) is 6.85. The lowest BCUT2D eigenvalue weighted by Gasteiger charge is -2.03. The van der Waals surface area contributed by atoms with Gasteiger partial charge in [-0.05, 0) is 75.8 Å². The molecule has 0 atom stereocenters. The van der Waals surface area contributed by atoms with E-state index in [0.717, 1.165) is 43.4 Å². The van der Waals surface area contributed by atoms with Gasteiger partial charge in [-0.25, -0.2) is 0 Å². The molecule has 5 aromatic rings. The van der Waals surface area contributed by atoms with Crippen LogP contribution < -0.4 is 0 Å². The van der Waals surface area contributed by atoms with Crippen LogP contribution in [0.15, 0.2) is 107 Å². The zero-order chi connectivity index (χ0) is 23.3. The molecule has 2 aromatic heterocycles. The molecule has 0 aliphatic rings. The van der Waals surface area contributed by atoms with E-state index in [4.69, 9.17) is 8.37 Å². The fourth-order valence-corrected chi connectivity index (χ4v) is 4.79. The number of hydrogen-bond acceptors (Lipinski definition) is 4. The lowest BCUT2D eigenvalue weighted by atomic mass is 10.0. The first-order chi connectivity index (χ1) is 16.7. The predicted octanol–water partition coefficient (Wildman–Crippen LogP) is 8.32. The average molecular weight is 485 g/mol. The summed E-state index contributed by atoms with van der Waals surface area (Å²) in [4.78, 5) is 9.04. The molecule has 0 aliphatic carbocycles. The van der Waals surface area contributed by atoms with Gasteiger partial charge < -0.3 is 18.3 Å². The summed E-state index contributed by atoms with van der Waals surface area (Å²) in [6.45, 7) is 0. The van der Waals surface area contributed by atoms with Crippen molar-refractivity contribution in [2.45, 2.75) is 9.79 Å². The van der Waals surface area contributed by atoms with Gasteiger partial charge in [0.15, 0.2) is 0 Å². The largest absolute Gasteiger partial charge is 0.361 e. The molecule has 2 N–H and O–H groups in total. The Bertz CT molecular complexity index is 1270. The molecular formula is C28H24N2O2S2. The maximum Gasteiger partial charge on any atom is 0.0508 e. The van der Waals surface area contributed by atoms with Crippen LogP contribution in [0, 0.1) is 0 Å². The maximum absolute atomic E-state index is 5.13. The van der Waals surface area contributed by atoms with Gasteiger partial charge in [0.25, 0.3) is 0 Å². The molecule has 4 nitrogen and oxygen atoms in total. The molecule has 0 aliphatic heterocycles. The van der Waals surface area contributed by atoms with E-state index in [2.05, 4.69) is 107 Å². The summed E-state index contributed by atoms with van der Waals surface area (Å²) < 4.78 is 10.3. The molecule has 170 valence electrons. The molecule has 0 saturated carbocycles. The lowest BCUT2D eigenvalue weighted by molar-refractivity contribution is 0.489. The van der Waals surface area contributed by atoms with Gasteiger partial charge in [0.05, 0.1) is 14.2 Å². The molecule has 0 amide bonds. The van der Waals surface area contributed by atoms with Crippen molar-refractivity contribution >= 4 is 24.1 Å². The van der Waals surface area contributed by atoms with Gasteiger partial charge in [0.1, 0.15) is 0 Å². The number of nitrogens with one attached hydrogen (secondary N) is 2. The monoisotopic (exact) mass is 484 g/mol. The van der Waals surface area contributed by atoms with Crippen molar-refractivity contribution in [3.8, 4) is 44.8 Å². The van der Waals surface area contributed by atoms with E-state index in [1.54, 1.807) is 14.2 Å². The molecule has 0 unspecified atom stereocenters. The molecular weight excluding hydrogens is 460 g/mol. The summed E-state index contributed by atoms with van der Waals surface area (Å²) in [6, 6.07) is 29.7. The molecule has 3 aromatic carbocycles. The van der Waals surface area contributed by atoms with Gasteiger partial charge in [-0.2, -0.15) is 0 Å². The fraction of sp³-hybridized carbons (Fsp3) is 0.0714. The molecule has 34 heavy (non-hydrogen) atoms. The fourth-order valence-electron chi connectivity index (χ4n) is 3.91. The Hall–Kier alpha value is -3.16. The molecule has 5 rings (SSSR count). The van der Waals surface area contributed by atoms with Crippen LogP contribution >= 0.6 is 24.1 Å². The number of aromatic nitrogens is 2. The van der Waals surface area contributed by atoms with Crippen LogP contribution in [0.3, 0.4) is 0 Å². The maximum atomic E-state index is 5.13. The van der Waals surface area contributed by atoms with Crippen molar-refractivity contribution < 1.29 is 8.37 Å². The zero-order valence-electron chi connectivity index (χ0n) is 18.9. The molecule has 0 fully saturated rings. The minimum Gasteiger partial charge on any atom is -0.361 e. The number of rotatable bonds is 8. The zero-order valence-corrected chi connectivity index (χ0v) is 20.5. The Morgan fingerprint density at radius 1 is 0.500 bits per heavy atom. The lowest BCUT2D eigenvalue weighted by Crippen LogP contribution is -1.81. The number of benzene rings is 3. The van der Waals surface area contributed by atoms with Crippen molar-refractivity contribution in [1.82, 2.24) is 9.97 Å². The number of H-pyrrole nitrogens is 2. The van der Waals surface area contributed by atoms with E-state index in [-0.39, 0.29) is 0 Å². The Kier molecular flexibility index (Phi) is 6.92. The highest BCUT2D eigenvalue weighted by atomic mass is 32.2. The number of hydrogen-bond donors (Lipinski definition) is 2. The number of aromatic amines is 2. The van der Waals surface area contributed by atoms with Crippen LogP contribution in [-0.4, -0.2) is 24.2 Å². The second kappa shape index (κ2) is 10.4. The molecule has 6 heteroatoms. The Labute approximate surface area is 208 Å². The predicted molar refractivity (Wildman–Crippen MR) is 143 cm³/mol. The second-order valence-corrected chi connectivity index (χ2v) is 9.68. The topological polar surface area (TPSA) is 50.0 Å². The van der Waals surface area contributed by atoms with Crippen molar-refractivity contribution in [3.63, 3.8) is 0 Å². The van der Waals surface area contributed by atoms with Gasteiger partial charge >= 0.3 is 0 Å². The Balaban J connectivity index is 1.36. The highest BCUT2D eigenvalue weighted by molar-refractivity contribution is 7.94. The summed E-state index contributed by atoms with van der Waals surface area (Å²) in [6.07, 6.45) is 4.11. The summed E-state index contributed by atoms with van der Waals surface area (Å²) >= 11 is 2.73. The summed E-state index contributed by atoms with van der Waals surface area (Å²) in [7, 11) is 3.36. The van der Waals surface area contributed by atoms with Crippen LogP contribution in [0.4, 0.5) is 0 Å². The quantitative estimate of drug-likeness (QED) is 0.217. The minimum absolute atomic E-state index is 1.09. The third kappa shape index (κ3) is 5.00. The van der Waals surface area contributed by atoms with Crippen molar-refractivity contribution in [2.75, 3.05) is 14.2 Å². The molecule has 0 spiro atoms. The summed E-state index contributed by atoms with van der Waals surface area (Å²) in [5.74, 6) is 0. The normalized spacial score (nSPS) is 11.1. The van der Waals surface area contributed by atoms with Crippen LogP contribution in [0.1, 0.15) is 0 Å². The molecule has 2 heterocycles. The molecule has 0 saturated heterocycles. The van der Waals surface area contributed by atoms with E-state index in [0.29, 0.717) is 0 Å². The van der Waals surface area contributed by atoms with Crippen LogP contribution in [0.25, 0.3) is 44.8 Å². The first-order valence-electron chi connectivity index (χ1n) is 10.8. The highest BCUT2D eigenvalue weighted by Crippen LogP contribution is 2.32. The first kappa shape index (κ1) is 22.6. The van der Waals surface area contributed by atoms with Crippen molar-refractivity contribution in [3.05, 3.63) is 97.3 Å².